The van der Waals surface area contributed by atoms with Gasteiger partial charge in [-0.05, 0) is 6.07 Å². The molecule has 1 N–H and O–H groups in total. The molecule has 86 valence electrons. The second kappa shape index (κ2) is 4.23. The number of hydrogen-bond acceptors (Lipinski definition) is 1. The molecule has 0 radical (unpaired) electrons. The number of para-hydroxylation sites is 1. The van der Waals surface area contributed by atoms with E-state index in [-0.39, 0.29) is 0 Å². The van der Waals surface area contributed by atoms with Crippen LogP contribution < -0.4 is 0 Å². The van der Waals surface area contributed by atoms with Gasteiger partial charge in [0.25, 0.3) is 0 Å². The zero-order chi connectivity index (χ0) is 12.5. The van der Waals surface area contributed by atoms with Crippen molar-refractivity contribution in [1.29, 1.82) is 0 Å². The van der Waals surface area contributed by atoms with Gasteiger partial charge < -0.3 is 4.98 Å². The number of rotatable bonds is 1. The third-order valence-electron chi connectivity index (χ3n) is 2.42. The van der Waals surface area contributed by atoms with Crippen molar-refractivity contribution < 1.29 is 4.79 Å². The maximum Gasteiger partial charge on any atom is 0.167 e. The Morgan fingerprint density at radius 1 is 1.24 bits per heavy atom. The molecule has 3 heteroatoms. The van der Waals surface area contributed by atoms with Gasteiger partial charge in [0, 0.05) is 10.9 Å². The van der Waals surface area contributed by atoms with Crippen LogP contribution in [0.3, 0.4) is 0 Å². The first kappa shape index (κ1) is 11.7. The zero-order valence-corrected chi connectivity index (χ0v) is 11.3. The van der Waals surface area contributed by atoms with Crippen LogP contribution in [-0.4, -0.2) is 19.3 Å². The number of hydrogen-bond donors (Lipinski definition) is 1. The normalized spacial score (nSPS) is 11.0. The minimum atomic E-state index is -1.43. The summed E-state index contributed by atoms with van der Waals surface area (Å²) in [5.41, 5.74) is 5.68. The molecular formula is C14H15NOSi. The van der Waals surface area contributed by atoms with Gasteiger partial charge in [0.1, 0.15) is 8.07 Å². The van der Waals surface area contributed by atoms with E-state index in [2.05, 4.69) is 36.1 Å². The summed E-state index contributed by atoms with van der Waals surface area (Å²) in [5.74, 6) is 3.18. The lowest BCUT2D eigenvalue weighted by atomic mass is 10.1. The quantitative estimate of drug-likeness (QED) is 0.464. The van der Waals surface area contributed by atoms with Crippen LogP contribution in [0, 0.1) is 11.5 Å². The van der Waals surface area contributed by atoms with Gasteiger partial charge >= 0.3 is 0 Å². The van der Waals surface area contributed by atoms with Crippen LogP contribution in [0.15, 0.2) is 24.3 Å². The fourth-order valence-electron chi connectivity index (χ4n) is 1.64. The molecule has 0 atom stereocenters. The maximum absolute atomic E-state index is 11.0. The Labute approximate surface area is 102 Å². The second-order valence-corrected chi connectivity index (χ2v) is 9.83. The lowest BCUT2D eigenvalue weighted by Crippen LogP contribution is -2.16. The number of carbonyl (C=O) groups is 1. The monoisotopic (exact) mass is 241 g/mol. The Morgan fingerprint density at radius 2 is 1.94 bits per heavy atom. The molecular weight excluding hydrogens is 226 g/mol. The minimum absolute atomic E-state index is 0.581. The molecule has 0 spiro atoms. The van der Waals surface area contributed by atoms with Crippen LogP contribution in [0.4, 0.5) is 0 Å². The average Bonchev–Trinajstić information content (AvgIpc) is 2.63. The predicted octanol–water partition coefficient (Wildman–Crippen LogP) is 3.21. The smallest absolute Gasteiger partial charge is 0.167 e. The SMILES string of the molecule is C[Si](C)(C)C#Cc1c(C=O)[nH]c2ccccc12. The number of aromatic amines is 1. The van der Waals surface area contributed by atoms with E-state index in [1.54, 1.807) is 0 Å². The topological polar surface area (TPSA) is 32.9 Å². The molecule has 0 fully saturated rings. The largest absolute Gasteiger partial charge is 0.351 e. The van der Waals surface area contributed by atoms with E-state index in [1.165, 1.54) is 0 Å². The number of H-pyrrole nitrogens is 1. The molecule has 0 aliphatic carbocycles. The summed E-state index contributed by atoms with van der Waals surface area (Å²) in [7, 11) is -1.43. The molecule has 0 aliphatic heterocycles. The lowest BCUT2D eigenvalue weighted by Gasteiger charge is -2.03. The summed E-state index contributed by atoms with van der Waals surface area (Å²) < 4.78 is 0. The Kier molecular flexibility index (Phi) is 2.91. The van der Waals surface area contributed by atoms with Gasteiger partial charge in [0.15, 0.2) is 6.29 Å². The summed E-state index contributed by atoms with van der Waals surface area (Å²) in [6.07, 6.45) is 0.841. The highest BCUT2D eigenvalue weighted by atomic mass is 28.3. The van der Waals surface area contributed by atoms with Crippen molar-refractivity contribution in [3.05, 3.63) is 35.5 Å². The Bertz CT molecular complexity index is 623. The summed E-state index contributed by atoms with van der Waals surface area (Å²) in [4.78, 5) is 14.1. The molecule has 1 aromatic heterocycles. The highest BCUT2D eigenvalue weighted by molar-refractivity contribution is 6.83. The minimum Gasteiger partial charge on any atom is -0.351 e. The fraction of sp³-hybridized carbons (Fsp3) is 0.214. The summed E-state index contributed by atoms with van der Waals surface area (Å²) in [6, 6.07) is 7.86. The number of nitrogens with one attached hydrogen (secondary N) is 1. The fourth-order valence-corrected chi connectivity index (χ4v) is 2.14. The van der Waals surface area contributed by atoms with E-state index in [0.29, 0.717) is 5.69 Å². The molecule has 0 amide bonds. The van der Waals surface area contributed by atoms with Crippen molar-refractivity contribution in [2.75, 3.05) is 0 Å². The highest BCUT2D eigenvalue weighted by Crippen LogP contribution is 2.20. The number of aldehydes is 1. The van der Waals surface area contributed by atoms with Crippen LogP contribution in [0.25, 0.3) is 10.9 Å². The molecule has 1 aromatic carbocycles. The number of aromatic nitrogens is 1. The molecule has 0 saturated carbocycles. The number of carbonyl (C=O) groups excluding carboxylic acids is 1. The standard InChI is InChI=1S/C14H15NOSi/c1-17(2,3)9-8-12-11-6-4-5-7-13(11)15-14(12)10-16/h4-7,10,15H,1-3H3. The van der Waals surface area contributed by atoms with Gasteiger partial charge in [0.2, 0.25) is 0 Å². The van der Waals surface area contributed by atoms with Crippen LogP contribution in [0.2, 0.25) is 19.6 Å². The van der Waals surface area contributed by atoms with Crippen molar-refractivity contribution in [3.8, 4) is 11.5 Å². The van der Waals surface area contributed by atoms with E-state index in [0.717, 1.165) is 22.8 Å². The molecule has 0 unspecified atom stereocenters. The van der Waals surface area contributed by atoms with Gasteiger partial charge in [0.05, 0.1) is 11.3 Å². The van der Waals surface area contributed by atoms with Crippen molar-refractivity contribution in [2.24, 2.45) is 0 Å². The molecule has 0 bridgehead atoms. The van der Waals surface area contributed by atoms with E-state index < -0.39 is 8.07 Å². The van der Waals surface area contributed by atoms with Crippen LogP contribution >= 0.6 is 0 Å². The molecule has 0 aliphatic rings. The Hall–Kier alpha value is -1.79. The molecule has 1 heterocycles. The van der Waals surface area contributed by atoms with Crippen LogP contribution in [0.5, 0.6) is 0 Å². The first-order valence-electron chi connectivity index (χ1n) is 5.60. The van der Waals surface area contributed by atoms with Gasteiger partial charge in [-0.15, -0.1) is 5.54 Å². The second-order valence-electron chi connectivity index (χ2n) is 5.08. The Balaban J connectivity index is 2.65. The third-order valence-corrected chi connectivity index (χ3v) is 3.29. The van der Waals surface area contributed by atoms with Crippen molar-refractivity contribution in [1.82, 2.24) is 4.98 Å². The zero-order valence-electron chi connectivity index (χ0n) is 10.3. The van der Waals surface area contributed by atoms with Crippen molar-refractivity contribution >= 4 is 25.3 Å². The van der Waals surface area contributed by atoms with Gasteiger partial charge in [-0.2, -0.15) is 0 Å². The average molecular weight is 241 g/mol. The van der Waals surface area contributed by atoms with Crippen molar-refractivity contribution in [2.45, 2.75) is 19.6 Å². The van der Waals surface area contributed by atoms with Gasteiger partial charge in [-0.1, -0.05) is 43.8 Å². The summed E-state index contributed by atoms with van der Waals surface area (Å²) >= 11 is 0. The van der Waals surface area contributed by atoms with Crippen LogP contribution in [0.1, 0.15) is 16.1 Å². The van der Waals surface area contributed by atoms with Gasteiger partial charge in [-0.3, -0.25) is 4.79 Å². The summed E-state index contributed by atoms with van der Waals surface area (Å²) in [5, 5.41) is 1.03. The molecule has 17 heavy (non-hydrogen) atoms. The van der Waals surface area contributed by atoms with E-state index >= 15 is 0 Å². The molecule has 2 aromatic rings. The third kappa shape index (κ3) is 2.48. The van der Waals surface area contributed by atoms with Crippen molar-refractivity contribution in [3.63, 3.8) is 0 Å². The molecule has 2 rings (SSSR count). The maximum atomic E-state index is 11.0. The predicted molar refractivity (Wildman–Crippen MR) is 73.9 cm³/mol. The summed E-state index contributed by atoms with van der Waals surface area (Å²) in [6.45, 7) is 6.57. The first-order valence-corrected chi connectivity index (χ1v) is 9.10. The molecule has 2 nitrogen and oxygen atoms in total. The highest BCUT2D eigenvalue weighted by Gasteiger charge is 2.11. The Morgan fingerprint density at radius 3 is 2.59 bits per heavy atom. The van der Waals surface area contributed by atoms with E-state index in [1.807, 2.05) is 24.3 Å². The first-order chi connectivity index (χ1) is 8.01. The lowest BCUT2D eigenvalue weighted by molar-refractivity contribution is 0.111. The number of fused-ring (bicyclic) bond motifs is 1. The van der Waals surface area contributed by atoms with Crippen LogP contribution in [-0.2, 0) is 0 Å². The van der Waals surface area contributed by atoms with E-state index in [4.69, 9.17) is 0 Å². The molecule has 0 saturated heterocycles. The number of benzene rings is 1. The van der Waals surface area contributed by atoms with Gasteiger partial charge in [-0.25, -0.2) is 0 Å². The van der Waals surface area contributed by atoms with E-state index in [9.17, 15) is 4.79 Å².